The fourth-order valence-electron chi connectivity index (χ4n) is 2.54. The van der Waals surface area contributed by atoms with Gasteiger partial charge in [0.05, 0.1) is 6.04 Å². The summed E-state index contributed by atoms with van der Waals surface area (Å²) in [6, 6.07) is 9.25. The van der Waals surface area contributed by atoms with Crippen molar-refractivity contribution in [3.05, 3.63) is 29.3 Å². The van der Waals surface area contributed by atoms with Crippen LogP contribution in [0.2, 0.25) is 5.02 Å². The van der Waals surface area contributed by atoms with E-state index in [-0.39, 0.29) is 0 Å². The predicted molar refractivity (Wildman–Crippen MR) is 78.6 cm³/mol. The highest BCUT2D eigenvalue weighted by molar-refractivity contribution is 6.30. The molecule has 4 heteroatoms. The molecule has 0 saturated carbocycles. The van der Waals surface area contributed by atoms with E-state index in [4.69, 9.17) is 11.6 Å². The second kappa shape index (κ2) is 5.91. The van der Waals surface area contributed by atoms with Crippen LogP contribution in [0, 0.1) is 0 Å². The number of benzene rings is 1. The Morgan fingerprint density at radius 2 is 1.94 bits per heavy atom. The van der Waals surface area contributed by atoms with Gasteiger partial charge in [-0.05, 0) is 45.3 Å². The van der Waals surface area contributed by atoms with Gasteiger partial charge in [0.2, 0.25) is 0 Å². The number of likely N-dealkylation sites (N-methyl/N-ethyl adjacent to an activating group) is 2. The third-order valence-corrected chi connectivity index (χ3v) is 4.00. The third-order valence-electron chi connectivity index (χ3n) is 3.75. The number of rotatable bonds is 3. The number of nitrogens with one attached hydrogen (secondary N) is 1. The highest BCUT2D eigenvalue weighted by Crippen LogP contribution is 2.24. The molecule has 2 atom stereocenters. The molecule has 18 heavy (non-hydrogen) atoms. The summed E-state index contributed by atoms with van der Waals surface area (Å²) < 4.78 is 0. The zero-order valence-electron chi connectivity index (χ0n) is 11.4. The van der Waals surface area contributed by atoms with Gasteiger partial charge in [-0.25, -0.2) is 0 Å². The third kappa shape index (κ3) is 2.97. The fourth-order valence-corrected chi connectivity index (χ4v) is 2.67. The molecule has 0 aliphatic carbocycles. The minimum absolute atomic E-state index is 0.511. The molecule has 1 aromatic carbocycles. The van der Waals surface area contributed by atoms with Crippen molar-refractivity contribution in [1.29, 1.82) is 0 Å². The molecule has 1 fully saturated rings. The second-order valence-electron chi connectivity index (χ2n) is 5.13. The van der Waals surface area contributed by atoms with E-state index in [1.807, 2.05) is 19.2 Å². The molecule has 0 aromatic heterocycles. The summed E-state index contributed by atoms with van der Waals surface area (Å²) >= 11 is 5.96. The topological polar surface area (TPSA) is 18.5 Å². The Kier molecular flexibility index (Phi) is 4.49. The van der Waals surface area contributed by atoms with E-state index in [1.165, 1.54) is 5.69 Å². The summed E-state index contributed by atoms with van der Waals surface area (Å²) in [7, 11) is 4.21. The van der Waals surface area contributed by atoms with Crippen LogP contribution in [-0.4, -0.2) is 50.7 Å². The highest BCUT2D eigenvalue weighted by atomic mass is 35.5. The van der Waals surface area contributed by atoms with Gasteiger partial charge in [-0.3, -0.25) is 4.90 Å². The molecule has 0 spiro atoms. The highest BCUT2D eigenvalue weighted by Gasteiger charge is 2.29. The Labute approximate surface area is 115 Å². The Bertz CT molecular complexity index is 379. The van der Waals surface area contributed by atoms with Crippen LogP contribution in [0.3, 0.4) is 0 Å². The largest absolute Gasteiger partial charge is 0.364 e. The molecule has 1 aliphatic rings. The number of hydrogen-bond acceptors (Lipinski definition) is 3. The number of nitrogens with zero attached hydrogens (tertiary/aromatic N) is 2. The molecule has 1 saturated heterocycles. The minimum Gasteiger partial charge on any atom is -0.364 e. The molecule has 1 heterocycles. The first-order chi connectivity index (χ1) is 8.61. The van der Waals surface area contributed by atoms with Gasteiger partial charge in [0.15, 0.2) is 0 Å². The first kappa shape index (κ1) is 13.7. The summed E-state index contributed by atoms with van der Waals surface area (Å²) in [4.78, 5) is 4.91. The van der Waals surface area contributed by atoms with E-state index < -0.39 is 0 Å². The molecule has 0 radical (unpaired) electrons. The van der Waals surface area contributed by atoms with Gasteiger partial charge in [-0.15, -0.1) is 0 Å². The van der Waals surface area contributed by atoms with Crippen LogP contribution in [0.25, 0.3) is 0 Å². The van der Waals surface area contributed by atoms with E-state index in [2.05, 4.69) is 41.2 Å². The van der Waals surface area contributed by atoms with Gasteiger partial charge in [-0.1, -0.05) is 11.6 Å². The molecule has 1 aromatic rings. The number of halogens is 1. The zero-order chi connectivity index (χ0) is 13.1. The summed E-state index contributed by atoms with van der Waals surface area (Å²) in [5.74, 6) is 0. The summed E-state index contributed by atoms with van der Waals surface area (Å²) in [5, 5.41) is 4.09. The molecular weight excluding hydrogens is 246 g/mol. The van der Waals surface area contributed by atoms with E-state index in [0.29, 0.717) is 12.1 Å². The van der Waals surface area contributed by atoms with E-state index in [1.54, 1.807) is 0 Å². The zero-order valence-corrected chi connectivity index (χ0v) is 12.1. The molecular formula is C14H22ClN3. The lowest BCUT2D eigenvalue weighted by Gasteiger charge is -2.45. The maximum absolute atomic E-state index is 5.96. The number of anilines is 1. The first-order valence-electron chi connectivity index (χ1n) is 6.49. The van der Waals surface area contributed by atoms with Crippen molar-refractivity contribution in [3.8, 4) is 0 Å². The van der Waals surface area contributed by atoms with Crippen molar-refractivity contribution >= 4 is 17.3 Å². The van der Waals surface area contributed by atoms with Gasteiger partial charge < -0.3 is 10.2 Å². The Hall–Kier alpha value is -0.770. The van der Waals surface area contributed by atoms with Crippen molar-refractivity contribution in [2.24, 2.45) is 0 Å². The molecule has 2 unspecified atom stereocenters. The van der Waals surface area contributed by atoms with Crippen LogP contribution < -0.4 is 10.2 Å². The van der Waals surface area contributed by atoms with Gasteiger partial charge in [-0.2, -0.15) is 0 Å². The van der Waals surface area contributed by atoms with Crippen LogP contribution in [0.1, 0.15) is 6.92 Å². The summed E-state index contributed by atoms with van der Waals surface area (Å²) in [6.45, 7) is 5.42. The molecule has 1 aliphatic heterocycles. The Morgan fingerprint density at radius 1 is 1.28 bits per heavy atom. The van der Waals surface area contributed by atoms with Crippen molar-refractivity contribution in [1.82, 2.24) is 10.2 Å². The maximum atomic E-state index is 5.96. The van der Waals surface area contributed by atoms with Crippen LogP contribution in [0.4, 0.5) is 5.69 Å². The predicted octanol–water partition coefficient (Wildman–Crippen LogP) is 2.07. The number of piperazine rings is 1. The van der Waals surface area contributed by atoms with Crippen LogP contribution >= 0.6 is 11.6 Å². The van der Waals surface area contributed by atoms with E-state index in [9.17, 15) is 0 Å². The molecule has 0 amide bonds. The van der Waals surface area contributed by atoms with E-state index in [0.717, 1.165) is 24.7 Å². The molecule has 0 bridgehead atoms. The number of hydrogen-bond donors (Lipinski definition) is 1. The SMILES string of the molecule is CNCC1CN(C)C(C)CN1c1ccc(Cl)cc1. The lowest BCUT2D eigenvalue weighted by molar-refractivity contribution is 0.199. The lowest BCUT2D eigenvalue weighted by atomic mass is 10.1. The van der Waals surface area contributed by atoms with Gasteiger partial charge >= 0.3 is 0 Å². The minimum atomic E-state index is 0.511. The second-order valence-corrected chi connectivity index (χ2v) is 5.57. The Balaban J connectivity index is 2.19. The van der Waals surface area contributed by atoms with Gasteiger partial charge in [0.25, 0.3) is 0 Å². The molecule has 3 nitrogen and oxygen atoms in total. The fraction of sp³-hybridized carbons (Fsp3) is 0.571. The molecule has 2 rings (SSSR count). The van der Waals surface area contributed by atoms with Crippen molar-refractivity contribution in [2.75, 3.05) is 38.6 Å². The van der Waals surface area contributed by atoms with Crippen molar-refractivity contribution in [3.63, 3.8) is 0 Å². The first-order valence-corrected chi connectivity index (χ1v) is 6.86. The summed E-state index contributed by atoms with van der Waals surface area (Å²) in [5.41, 5.74) is 1.26. The van der Waals surface area contributed by atoms with Crippen LogP contribution in [-0.2, 0) is 0 Å². The average Bonchev–Trinajstić information content (AvgIpc) is 2.35. The Morgan fingerprint density at radius 3 is 2.56 bits per heavy atom. The van der Waals surface area contributed by atoms with Gasteiger partial charge in [0, 0.05) is 36.4 Å². The molecule has 1 N–H and O–H groups in total. The quantitative estimate of drug-likeness (QED) is 0.905. The maximum Gasteiger partial charge on any atom is 0.0542 e. The van der Waals surface area contributed by atoms with Crippen molar-refractivity contribution < 1.29 is 0 Å². The van der Waals surface area contributed by atoms with E-state index >= 15 is 0 Å². The summed E-state index contributed by atoms with van der Waals surface area (Å²) in [6.07, 6.45) is 0. The van der Waals surface area contributed by atoms with Crippen molar-refractivity contribution in [2.45, 2.75) is 19.0 Å². The monoisotopic (exact) mass is 267 g/mol. The average molecular weight is 268 g/mol. The van der Waals surface area contributed by atoms with Gasteiger partial charge in [0.1, 0.15) is 0 Å². The van der Waals surface area contributed by atoms with Crippen LogP contribution in [0.15, 0.2) is 24.3 Å². The smallest absolute Gasteiger partial charge is 0.0542 e. The standard InChI is InChI=1S/C14H22ClN3/c1-11-9-18(13-6-4-12(15)5-7-13)14(8-16-2)10-17(11)3/h4-7,11,14,16H,8-10H2,1-3H3. The van der Waals surface area contributed by atoms with Crippen LogP contribution in [0.5, 0.6) is 0 Å². The lowest BCUT2D eigenvalue weighted by Crippen LogP contribution is -2.58. The normalized spacial score (nSPS) is 25.4. The molecule has 100 valence electrons.